The van der Waals surface area contributed by atoms with Crippen molar-refractivity contribution < 1.29 is 65.9 Å². The minimum Gasteiger partial charge on any atom is -0.493 e. The van der Waals surface area contributed by atoms with Crippen molar-refractivity contribution in [2.24, 2.45) is 11.8 Å². The van der Waals surface area contributed by atoms with Crippen LogP contribution in [0.3, 0.4) is 0 Å². The second kappa shape index (κ2) is 31.6. The smallest absolute Gasteiger partial charge is 0.423 e. The Kier molecular flexibility index (Phi) is 23.9. The van der Waals surface area contributed by atoms with E-state index in [1.165, 1.54) is 36.4 Å². The number of benzene rings is 4. The van der Waals surface area contributed by atoms with Gasteiger partial charge >= 0.3 is 11.9 Å². The Morgan fingerprint density at radius 1 is 0.537 bits per heavy atom. The van der Waals surface area contributed by atoms with Gasteiger partial charge in [0.05, 0.1) is 52.5 Å². The average molecular weight is 1140 g/mol. The fraction of sp³-hybridized carbons (Fsp3) is 0.562. The first-order chi connectivity index (χ1) is 39.7. The van der Waals surface area contributed by atoms with Crippen LogP contribution in [-0.4, -0.2) is 160 Å². The Morgan fingerprint density at radius 2 is 0.902 bits per heavy atom. The van der Waals surface area contributed by atoms with Gasteiger partial charge in [-0.25, -0.2) is 18.4 Å². The number of piperidine rings is 2. The maximum atomic E-state index is 14.7. The highest BCUT2D eigenvalue weighted by atomic mass is 19.1. The van der Waals surface area contributed by atoms with Crippen LogP contribution < -0.4 is 18.9 Å². The molecule has 0 aromatic heterocycles. The molecule has 82 heavy (non-hydrogen) atoms. The summed E-state index contributed by atoms with van der Waals surface area (Å²) < 4.78 is 74.9. The summed E-state index contributed by atoms with van der Waals surface area (Å²) in [7, 11) is 0. The number of amides is 2. The fourth-order valence-electron chi connectivity index (χ4n) is 10.8. The molecule has 446 valence electrons. The van der Waals surface area contributed by atoms with Crippen LogP contribution in [0.25, 0.3) is 0 Å². The summed E-state index contributed by atoms with van der Waals surface area (Å²) in [5.41, 5.74) is 2.48. The Morgan fingerprint density at radius 3 is 1.26 bits per heavy atom. The predicted molar refractivity (Wildman–Crippen MR) is 305 cm³/mol. The van der Waals surface area contributed by atoms with Gasteiger partial charge in [0, 0.05) is 101 Å². The number of ether oxygens (including phenoxy) is 8. The second-order valence-corrected chi connectivity index (χ2v) is 22.8. The number of carbonyl (C=O) groups is 4. The summed E-state index contributed by atoms with van der Waals surface area (Å²) in [4.78, 5) is 66.2. The van der Waals surface area contributed by atoms with Crippen molar-refractivity contribution in [1.29, 1.82) is 0 Å². The predicted octanol–water partition coefficient (Wildman–Crippen LogP) is 9.01. The standard InChI is InChI=1S/C64H84F2N4O12/c1-45(2)43-79-55-17-11-49(39-59(71)69(33-19-47-7-13-51(65)14-8-47)53-21-27-67(28-22-53)31-25-61-75-35-5-36-76-61)57(41-55)81-63(73)64(74)82-58-42-56(80-44-46(3)4)18-12-50(58)40-60(72)70(34-20-48-9-15-52(66)16-10-48)54-23-29-68(30-24-54)32-26-62-77-37-6-38-78-62/h7-18,41-42,45-46,53-54,61-62H,5-6,19-40,43-44H2,1-4H3. The molecule has 0 N–H and O–H groups in total. The largest absolute Gasteiger partial charge is 0.493 e. The molecule has 4 aliphatic heterocycles. The van der Waals surface area contributed by atoms with Crippen molar-refractivity contribution in [1.82, 2.24) is 19.6 Å². The maximum Gasteiger partial charge on any atom is 0.423 e. The summed E-state index contributed by atoms with van der Waals surface area (Å²) in [6.07, 6.45) is 6.48. The van der Waals surface area contributed by atoms with Gasteiger partial charge in [0.25, 0.3) is 0 Å². The van der Waals surface area contributed by atoms with Gasteiger partial charge in [0.15, 0.2) is 12.6 Å². The van der Waals surface area contributed by atoms with E-state index in [2.05, 4.69) is 9.80 Å². The molecule has 0 aliphatic carbocycles. The highest BCUT2D eigenvalue weighted by Gasteiger charge is 2.33. The Bertz CT molecular complexity index is 2470. The van der Waals surface area contributed by atoms with Crippen LogP contribution in [0.2, 0.25) is 0 Å². The molecule has 0 radical (unpaired) electrons. The molecule has 0 spiro atoms. The summed E-state index contributed by atoms with van der Waals surface area (Å²) in [5.74, 6) is -2.78. The van der Waals surface area contributed by atoms with Gasteiger partial charge in [-0.05, 0) is 111 Å². The first-order valence-electron chi connectivity index (χ1n) is 29.7. The van der Waals surface area contributed by atoms with Crippen LogP contribution in [0.1, 0.15) is 101 Å². The third kappa shape index (κ3) is 19.5. The molecule has 4 saturated heterocycles. The van der Waals surface area contributed by atoms with Crippen LogP contribution in [0.15, 0.2) is 84.9 Å². The van der Waals surface area contributed by atoms with Crippen molar-refractivity contribution in [3.63, 3.8) is 0 Å². The number of halogens is 2. The Hall–Kier alpha value is -6.02. The topological polar surface area (TPSA) is 155 Å². The second-order valence-electron chi connectivity index (χ2n) is 22.8. The van der Waals surface area contributed by atoms with E-state index in [9.17, 15) is 28.0 Å². The molecule has 0 bridgehead atoms. The van der Waals surface area contributed by atoms with E-state index in [1.54, 1.807) is 48.5 Å². The molecule has 8 rings (SSSR count). The van der Waals surface area contributed by atoms with Crippen molar-refractivity contribution in [3.8, 4) is 23.0 Å². The van der Waals surface area contributed by atoms with Gasteiger partial charge in [-0.2, -0.15) is 0 Å². The lowest BCUT2D eigenvalue weighted by Gasteiger charge is -2.39. The Labute approximate surface area is 482 Å². The third-order valence-electron chi connectivity index (χ3n) is 15.4. The Balaban J connectivity index is 0.979. The molecule has 0 atom stereocenters. The molecular weight excluding hydrogens is 1050 g/mol. The minimum absolute atomic E-state index is 0.0417. The molecule has 2 amide bonds. The third-order valence-corrected chi connectivity index (χ3v) is 15.4. The molecule has 4 heterocycles. The van der Waals surface area contributed by atoms with Crippen LogP contribution in [0.5, 0.6) is 23.0 Å². The molecule has 0 unspecified atom stereocenters. The summed E-state index contributed by atoms with van der Waals surface area (Å²) in [6.45, 7) is 17.0. The highest BCUT2D eigenvalue weighted by molar-refractivity contribution is 6.31. The van der Waals surface area contributed by atoms with Gasteiger partial charge in [-0.1, -0.05) is 64.1 Å². The number of esters is 2. The van der Waals surface area contributed by atoms with Crippen LogP contribution >= 0.6 is 0 Å². The van der Waals surface area contributed by atoms with Gasteiger partial charge in [0.1, 0.15) is 34.6 Å². The molecule has 4 aliphatic rings. The van der Waals surface area contributed by atoms with E-state index < -0.39 is 11.9 Å². The molecule has 0 saturated carbocycles. The van der Waals surface area contributed by atoms with E-state index in [0.717, 1.165) is 102 Å². The van der Waals surface area contributed by atoms with Gasteiger partial charge in [0.2, 0.25) is 11.8 Å². The summed E-state index contributed by atoms with van der Waals surface area (Å²) >= 11 is 0. The molecule has 16 nitrogen and oxygen atoms in total. The van der Waals surface area contributed by atoms with E-state index in [4.69, 9.17) is 37.9 Å². The minimum atomic E-state index is -1.35. The number of rotatable bonds is 26. The highest BCUT2D eigenvalue weighted by Crippen LogP contribution is 2.31. The van der Waals surface area contributed by atoms with Crippen LogP contribution in [-0.2, 0) is 63.8 Å². The lowest BCUT2D eigenvalue weighted by Crippen LogP contribution is -2.49. The summed E-state index contributed by atoms with van der Waals surface area (Å²) in [5, 5.41) is 0. The van der Waals surface area contributed by atoms with E-state index >= 15 is 0 Å². The monoisotopic (exact) mass is 1140 g/mol. The molecule has 18 heteroatoms. The quantitative estimate of drug-likeness (QED) is 0.0334. The lowest BCUT2D eigenvalue weighted by atomic mass is 10.00. The maximum absolute atomic E-state index is 14.7. The number of nitrogens with zero attached hydrogens (tertiary/aromatic N) is 4. The van der Waals surface area contributed by atoms with Crippen LogP contribution in [0.4, 0.5) is 8.78 Å². The number of hydrogen-bond donors (Lipinski definition) is 0. The SMILES string of the molecule is CC(C)COc1ccc(CC(=O)N(CCc2ccc(F)cc2)C2CCN(CCC3OCCCO3)CC2)c(OC(=O)C(=O)Oc2cc(OCC(C)C)ccc2CC(=O)N(CCc2ccc(F)cc2)C2CCN(CCC3OCCCO3)CC2)c1. The van der Waals surface area contributed by atoms with Crippen molar-refractivity contribution >= 4 is 23.8 Å². The van der Waals surface area contributed by atoms with Gasteiger partial charge < -0.3 is 57.5 Å². The normalized spacial score (nSPS) is 17.2. The molecule has 4 fully saturated rings. The zero-order chi connectivity index (χ0) is 57.8. The zero-order valence-electron chi connectivity index (χ0n) is 48.4. The van der Waals surface area contributed by atoms with Crippen molar-refractivity contribution in [2.45, 2.75) is 129 Å². The number of hydrogen-bond acceptors (Lipinski definition) is 14. The molecular formula is C64H84F2N4O12. The first kappa shape index (κ1) is 62.0. The fourth-order valence-corrected chi connectivity index (χ4v) is 10.8. The summed E-state index contributed by atoms with van der Waals surface area (Å²) in [6, 6.07) is 22.1. The van der Waals surface area contributed by atoms with Gasteiger partial charge in [-0.3, -0.25) is 9.59 Å². The first-order valence-corrected chi connectivity index (χ1v) is 29.7. The molecule has 4 aromatic carbocycles. The van der Waals surface area contributed by atoms with Crippen molar-refractivity contribution in [3.05, 3.63) is 119 Å². The van der Waals surface area contributed by atoms with E-state index in [1.807, 2.05) is 37.5 Å². The van der Waals surface area contributed by atoms with Crippen LogP contribution in [0, 0.1) is 23.5 Å². The molecule has 4 aromatic rings. The van der Waals surface area contributed by atoms with Gasteiger partial charge in [-0.15, -0.1) is 0 Å². The van der Waals surface area contributed by atoms with Crippen molar-refractivity contribution in [2.75, 3.05) is 92.0 Å². The lowest BCUT2D eigenvalue weighted by molar-refractivity contribution is -0.183. The number of likely N-dealkylation sites (tertiary alicyclic amines) is 2. The zero-order valence-corrected chi connectivity index (χ0v) is 48.4. The van der Waals surface area contributed by atoms with E-state index in [0.29, 0.717) is 88.2 Å². The average Bonchev–Trinajstić information content (AvgIpc) is 3.67. The number of carbonyl (C=O) groups excluding carboxylic acids is 4. The van der Waals surface area contributed by atoms with E-state index in [-0.39, 0.29) is 84.3 Å².